The van der Waals surface area contributed by atoms with Gasteiger partial charge in [0.25, 0.3) is 0 Å². The molecule has 0 unspecified atom stereocenters. The van der Waals surface area contributed by atoms with Gasteiger partial charge in [-0.15, -0.1) is 0 Å². The van der Waals surface area contributed by atoms with Crippen LogP contribution in [0.25, 0.3) is 10.9 Å². The Kier molecular flexibility index (Phi) is 4.74. The summed E-state index contributed by atoms with van der Waals surface area (Å²) in [6.45, 7) is 0.0891. The number of benzene rings is 2. The van der Waals surface area contributed by atoms with Crippen molar-refractivity contribution < 1.29 is 24.2 Å². The maximum Gasteiger partial charge on any atom is 0.306 e. The van der Waals surface area contributed by atoms with Gasteiger partial charge in [-0.2, -0.15) is 5.10 Å². The Hall–Kier alpha value is -3.55. The van der Waals surface area contributed by atoms with Gasteiger partial charge in [-0.25, -0.2) is 0 Å². The SMILES string of the molecule is Cn1ncc2cc(C(N)=O)cc(Oc3ccc(OCCC(=O)O)cc3)c21. The second-order valence-corrected chi connectivity index (χ2v) is 5.61. The Labute approximate surface area is 148 Å². The molecular formula is C18H17N3O5. The van der Waals surface area contributed by atoms with E-state index in [9.17, 15) is 9.59 Å². The van der Waals surface area contributed by atoms with E-state index in [0.29, 0.717) is 22.8 Å². The number of aliphatic carboxylic acids is 1. The van der Waals surface area contributed by atoms with E-state index in [-0.39, 0.29) is 13.0 Å². The van der Waals surface area contributed by atoms with Gasteiger partial charge >= 0.3 is 5.97 Å². The summed E-state index contributed by atoms with van der Waals surface area (Å²) in [4.78, 5) is 22.0. The van der Waals surface area contributed by atoms with Gasteiger partial charge in [0.1, 0.15) is 17.0 Å². The molecule has 3 N–H and O–H groups in total. The number of hydrogen-bond acceptors (Lipinski definition) is 5. The molecular weight excluding hydrogens is 338 g/mol. The molecule has 0 atom stereocenters. The predicted molar refractivity (Wildman–Crippen MR) is 93.5 cm³/mol. The third-order valence-electron chi connectivity index (χ3n) is 3.72. The van der Waals surface area contributed by atoms with E-state index in [1.807, 2.05) is 0 Å². The molecule has 0 spiro atoms. The molecule has 0 fully saturated rings. The number of rotatable bonds is 7. The van der Waals surface area contributed by atoms with Gasteiger partial charge in [0.05, 0.1) is 19.2 Å². The summed E-state index contributed by atoms with van der Waals surface area (Å²) in [5, 5.41) is 13.5. The van der Waals surface area contributed by atoms with Crippen LogP contribution in [0.15, 0.2) is 42.6 Å². The van der Waals surface area contributed by atoms with Gasteiger partial charge in [-0.05, 0) is 36.4 Å². The van der Waals surface area contributed by atoms with Crippen LogP contribution in [-0.2, 0) is 11.8 Å². The summed E-state index contributed by atoms with van der Waals surface area (Å²) in [6.07, 6.45) is 1.56. The molecule has 1 heterocycles. The molecule has 3 rings (SSSR count). The number of aryl methyl sites for hydroxylation is 1. The zero-order chi connectivity index (χ0) is 18.7. The Morgan fingerprint density at radius 3 is 2.54 bits per heavy atom. The average Bonchev–Trinajstić information content (AvgIpc) is 2.97. The van der Waals surface area contributed by atoms with Crippen LogP contribution in [0.3, 0.4) is 0 Å². The standard InChI is InChI=1S/C18H17N3O5/c1-21-17-12(10-20-21)8-11(18(19)24)9-15(17)26-14-4-2-13(3-5-14)25-7-6-16(22)23/h2-5,8-10H,6-7H2,1H3,(H2,19,24)(H,22,23). The highest BCUT2D eigenvalue weighted by atomic mass is 16.5. The van der Waals surface area contributed by atoms with E-state index in [2.05, 4.69) is 5.10 Å². The highest BCUT2D eigenvalue weighted by Crippen LogP contribution is 2.32. The van der Waals surface area contributed by atoms with Gasteiger partial charge in [0, 0.05) is 18.0 Å². The summed E-state index contributed by atoms with van der Waals surface area (Å²) >= 11 is 0. The van der Waals surface area contributed by atoms with Gasteiger partial charge in [0.15, 0.2) is 5.75 Å². The highest BCUT2D eigenvalue weighted by Gasteiger charge is 2.13. The molecule has 0 bridgehead atoms. The quantitative estimate of drug-likeness (QED) is 0.672. The minimum absolute atomic E-state index is 0.0728. The average molecular weight is 355 g/mol. The number of carboxylic acids is 1. The van der Waals surface area contributed by atoms with E-state index in [0.717, 1.165) is 10.9 Å². The van der Waals surface area contributed by atoms with Crippen molar-refractivity contribution in [3.63, 3.8) is 0 Å². The number of hydrogen-bond donors (Lipinski definition) is 2. The first kappa shape index (κ1) is 17.3. The molecule has 8 nitrogen and oxygen atoms in total. The second-order valence-electron chi connectivity index (χ2n) is 5.61. The monoisotopic (exact) mass is 355 g/mol. The molecule has 1 aromatic heterocycles. The molecule has 2 aromatic carbocycles. The van der Waals surface area contributed by atoms with Crippen molar-refractivity contribution in [2.24, 2.45) is 12.8 Å². The number of fused-ring (bicyclic) bond motifs is 1. The summed E-state index contributed by atoms with van der Waals surface area (Å²) < 4.78 is 12.9. The van der Waals surface area contributed by atoms with Crippen molar-refractivity contribution in [2.75, 3.05) is 6.61 Å². The fraction of sp³-hybridized carbons (Fsp3) is 0.167. The Balaban J connectivity index is 1.83. The number of aromatic nitrogens is 2. The summed E-state index contributed by atoms with van der Waals surface area (Å²) in [5.41, 5.74) is 6.44. The van der Waals surface area contributed by atoms with Crippen LogP contribution in [0.5, 0.6) is 17.2 Å². The van der Waals surface area contributed by atoms with Crippen molar-refractivity contribution in [1.82, 2.24) is 9.78 Å². The van der Waals surface area contributed by atoms with Crippen molar-refractivity contribution in [3.8, 4) is 17.2 Å². The lowest BCUT2D eigenvalue weighted by Crippen LogP contribution is -2.11. The normalized spacial score (nSPS) is 10.7. The molecule has 1 amide bonds. The summed E-state index contributed by atoms with van der Waals surface area (Å²) in [7, 11) is 1.78. The Morgan fingerprint density at radius 2 is 1.88 bits per heavy atom. The van der Waals surface area contributed by atoms with Crippen molar-refractivity contribution in [2.45, 2.75) is 6.42 Å². The zero-order valence-corrected chi connectivity index (χ0v) is 14.0. The van der Waals surface area contributed by atoms with Crippen molar-refractivity contribution >= 4 is 22.8 Å². The largest absolute Gasteiger partial charge is 0.493 e. The van der Waals surface area contributed by atoms with E-state index in [1.54, 1.807) is 54.3 Å². The van der Waals surface area contributed by atoms with Gasteiger partial charge in [-0.3, -0.25) is 14.3 Å². The van der Waals surface area contributed by atoms with E-state index < -0.39 is 11.9 Å². The first-order valence-electron chi connectivity index (χ1n) is 7.82. The van der Waals surface area contributed by atoms with Crippen molar-refractivity contribution in [1.29, 1.82) is 0 Å². The molecule has 0 aliphatic carbocycles. The highest BCUT2D eigenvalue weighted by molar-refractivity contribution is 5.99. The molecule has 0 aliphatic heterocycles. The number of nitrogens with two attached hydrogens (primary N) is 1. The van der Waals surface area contributed by atoms with Crippen LogP contribution in [0, 0.1) is 0 Å². The minimum atomic E-state index is -0.917. The molecule has 0 saturated heterocycles. The fourth-order valence-corrected chi connectivity index (χ4v) is 2.49. The summed E-state index contributed by atoms with van der Waals surface area (Å²) in [6, 6.07) is 9.97. The van der Waals surface area contributed by atoms with Gasteiger partial charge in [-0.1, -0.05) is 0 Å². The van der Waals surface area contributed by atoms with Gasteiger partial charge in [0.2, 0.25) is 5.91 Å². The van der Waals surface area contributed by atoms with Crippen molar-refractivity contribution in [3.05, 3.63) is 48.2 Å². The Morgan fingerprint density at radius 1 is 1.19 bits per heavy atom. The lowest BCUT2D eigenvalue weighted by molar-refractivity contribution is -0.137. The number of nitrogens with zero attached hydrogens (tertiary/aromatic N) is 2. The second kappa shape index (κ2) is 7.14. The maximum absolute atomic E-state index is 11.5. The number of carbonyl (C=O) groups is 2. The molecule has 8 heteroatoms. The molecule has 0 saturated carbocycles. The van der Waals surface area contributed by atoms with Crippen LogP contribution in [-0.4, -0.2) is 33.4 Å². The Bertz CT molecular complexity index is 963. The van der Waals surface area contributed by atoms with Crippen LogP contribution < -0.4 is 15.2 Å². The van der Waals surface area contributed by atoms with Gasteiger partial charge < -0.3 is 20.3 Å². The van der Waals surface area contributed by atoms with Crippen LogP contribution in [0.4, 0.5) is 0 Å². The topological polar surface area (TPSA) is 117 Å². The minimum Gasteiger partial charge on any atom is -0.493 e. The summed E-state index contributed by atoms with van der Waals surface area (Å²) in [5.74, 6) is 0.0491. The van der Waals surface area contributed by atoms with Crippen LogP contribution >= 0.6 is 0 Å². The molecule has 134 valence electrons. The van der Waals surface area contributed by atoms with Crippen LogP contribution in [0.2, 0.25) is 0 Å². The molecule has 3 aromatic rings. The van der Waals surface area contributed by atoms with Crippen LogP contribution in [0.1, 0.15) is 16.8 Å². The number of amides is 1. The smallest absolute Gasteiger partial charge is 0.306 e. The first-order valence-corrected chi connectivity index (χ1v) is 7.82. The first-order chi connectivity index (χ1) is 12.4. The lowest BCUT2D eigenvalue weighted by Gasteiger charge is -2.10. The number of primary amides is 1. The van der Waals surface area contributed by atoms with E-state index in [4.69, 9.17) is 20.3 Å². The molecule has 0 aliphatic rings. The fourth-order valence-electron chi connectivity index (χ4n) is 2.49. The van der Waals surface area contributed by atoms with E-state index >= 15 is 0 Å². The third-order valence-corrected chi connectivity index (χ3v) is 3.72. The number of carbonyl (C=O) groups excluding carboxylic acids is 1. The predicted octanol–water partition coefficient (Wildman–Crippen LogP) is 2.32. The number of ether oxygens (including phenoxy) is 2. The molecule has 26 heavy (non-hydrogen) atoms. The molecule has 0 radical (unpaired) electrons. The third kappa shape index (κ3) is 3.75. The zero-order valence-electron chi connectivity index (χ0n) is 14.0. The van der Waals surface area contributed by atoms with E-state index in [1.165, 1.54) is 0 Å². The maximum atomic E-state index is 11.5. The number of carboxylic acid groups (broad SMARTS) is 1. The lowest BCUT2D eigenvalue weighted by atomic mass is 10.1.